The van der Waals surface area contributed by atoms with Crippen molar-refractivity contribution >= 4 is 12.1 Å². The Morgan fingerprint density at radius 2 is 1.36 bits per heavy atom. The lowest BCUT2D eigenvalue weighted by Crippen LogP contribution is -2.47. The largest absolute Gasteiger partial charge is 0.457 e. The van der Waals surface area contributed by atoms with Crippen LogP contribution in [0.1, 0.15) is 72.6 Å². The molecule has 2 aliphatic heterocycles. The van der Waals surface area contributed by atoms with E-state index in [9.17, 15) is 9.90 Å². The van der Waals surface area contributed by atoms with Gasteiger partial charge in [0.05, 0.1) is 24.4 Å². The van der Waals surface area contributed by atoms with Crippen molar-refractivity contribution in [3.05, 3.63) is 0 Å². The minimum Gasteiger partial charge on any atom is -0.457 e. The molecule has 5 rings (SSSR count). The molecule has 0 aromatic carbocycles. The molecule has 0 aromatic heterocycles. The number of fused-ring (bicyclic) bond motifs is 4. The Balaban J connectivity index is 0.000000314. The second kappa shape index (κ2) is 11.8. The highest BCUT2D eigenvalue weighted by atomic mass is 16.8. The standard InChI is InChI=1S/C13H18O5.C6H12O4.CO2.2CH4/c14-11-12(15)6-8(16-11)10-9(7-12)17-13(18-10)4-2-1-3-5-13;7-3-1-4(8)6(10)5(9)2-3;2-1-3;;/h8-10,15H,1-7H2;3-10H,1-2H2;;2*1H4/t8-,9-,10?,12-;3?,4-,5-,6?;;;/m11.../s1. The van der Waals surface area contributed by atoms with Crippen molar-refractivity contribution in [3.8, 4) is 0 Å². The first-order valence-electron chi connectivity index (χ1n) is 10.6. The van der Waals surface area contributed by atoms with Crippen LogP contribution in [0.25, 0.3) is 0 Å². The highest BCUT2D eigenvalue weighted by Crippen LogP contribution is 2.49. The fraction of sp³-hybridized carbons (Fsp3) is 0.909. The average Bonchev–Trinajstić information content (AvgIpc) is 3.16. The Hall–Kier alpha value is -1.43. The fourth-order valence-electron chi connectivity index (χ4n) is 5.07. The summed E-state index contributed by atoms with van der Waals surface area (Å²) in [6.07, 6.45) is 2.05. The van der Waals surface area contributed by atoms with E-state index in [-0.39, 0.29) is 52.2 Å². The Morgan fingerprint density at radius 3 is 1.91 bits per heavy atom. The predicted octanol–water partition coefficient (Wildman–Crippen LogP) is -0.206. The maximum atomic E-state index is 11.6. The van der Waals surface area contributed by atoms with Crippen molar-refractivity contribution in [1.82, 2.24) is 0 Å². The van der Waals surface area contributed by atoms with Crippen LogP contribution in [0, 0.1) is 0 Å². The summed E-state index contributed by atoms with van der Waals surface area (Å²) in [6, 6.07) is 0. The quantitative estimate of drug-likeness (QED) is 0.291. The number of esters is 1. The van der Waals surface area contributed by atoms with E-state index in [4.69, 9.17) is 44.2 Å². The molecular weight excluding hydrogens is 440 g/mol. The number of hydrogen-bond acceptors (Lipinski definition) is 11. The van der Waals surface area contributed by atoms with Crippen LogP contribution in [0.15, 0.2) is 0 Å². The van der Waals surface area contributed by atoms with Gasteiger partial charge < -0.3 is 39.7 Å². The van der Waals surface area contributed by atoms with Gasteiger partial charge >= 0.3 is 12.1 Å². The molecule has 0 amide bonds. The van der Waals surface area contributed by atoms with Crippen LogP contribution < -0.4 is 0 Å². The summed E-state index contributed by atoms with van der Waals surface area (Å²) in [7, 11) is 0. The van der Waals surface area contributed by atoms with Crippen LogP contribution in [-0.2, 0) is 28.6 Å². The molecule has 2 heterocycles. The first-order valence-corrected chi connectivity index (χ1v) is 10.6. The highest BCUT2D eigenvalue weighted by Gasteiger charge is 2.63. The Bertz CT molecular complexity index is 661. The van der Waals surface area contributed by atoms with E-state index in [1.54, 1.807) is 0 Å². The molecule has 3 aliphatic carbocycles. The van der Waals surface area contributed by atoms with E-state index < -0.39 is 41.8 Å². The van der Waals surface area contributed by atoms with Crippen molar-refractivity contribution in [2.75, 3.05) is 0 Å². The van der Waals surface area contributed by atoms with Gasteiger partial charge in [0.1, 0.15) is 18.3 Å². The van der Waals surface area contributed by atoms with Crippen LogP contribution in [0.5, 0.6) is 0 Å². The van der Waals surface area contributed by atoms with Gasteiger partial charge in [0.2, 0.25) is 0 Å². The zero-order valence-electron chi connectivity index (χ0n) is 17.1. The lowest BCUT2D eigenvalue weighted by molar-refractivity contribution is -0.203. The molecule has 192 valence electrons. The molecule has 11 nitrogen and oxygen atoms in total. The van der Waals surface area contributed by atoms with Crippen LogP contribution in [0.2, 0.25) is 0 Å². The van der Waals surface area contributed by atoms with Crippen molar-refractivity contribution < 1.29 is 54.1 Å². The minimum absolute atomic E-state index is 0. The second-order valence-corrected chi connectivity index (χ2v) is 8.93. The Kier molecular flexibility index (Phi) is 10.6. The van der Waals surface area contributed by atoms with Gasteiger partial charge in [0.15, 0.2) is 11.4 Å². The molecule has 5 N–H and O–H groups in total. The summed E-state index contributed by atoms with van der Waals surface area (Å²) in [6.45, 7) is 0. The molecule has 0 radical (unpaired) electrons. The maximum absolute atomic E-state index is 11.6. The van der Waals surface area contributed by atoms with Gasteiger partial charge in [-0.15, -0.1) is 0 Å². The van der Waals surface area contributed by atoms with Gasteiger partial charge in [-0.1, -0.05) is 21.3 Å². The summed E-state index contributed by atoms with van der Waals surface area (Å²) >= 11 is 0. The monoisotopic (exact) mass is 478 g/mol. The number of aliphatic hydroxyl groups excluding tert-OH is 4. The number of hydrogen-bond donors (Lipinski definition) is 5. The normalized spacial score (nSPS) is 42.0. The topological polar surface area (TPSA) is 180 Å². The fourth-order valence-corrected chi connectivity index (χ4v) is 5.07. The van der Waals surface area contributed by atoms with Gasteiger partial charge in [-0.2, -0.15) is 9.59 Å². The first-order chi connectivity index (χ1) is 14.6. The molecule has 1 spiro atoms. The molecule has 5 fully saturated rings. The Labute approximate surface area is 193 Å². The summed E-state index contributed by atoms with van der Waals surface area (Å²) in [5.41, 5.74) is -1.34. The van der Waals surface area contributed by atoms with E-state index >= 15 is 0 Å². The molecule has 33 heavy (non-hydrogen) atoms. The third kappa shape index (κ3) is 6.37. The smallest absolute Gasteiger partial charge is 0.373 e. The molecule has 2 saturated heterocycles. The van der Waals surface area contributed by atoms with Gasteiger partial charge in [-0.25, -0.2) is 4.79 Å². The third-order valence-corrected chi connectivity index (χ3v) is 6.60. The van der Waals surface area contributed by atoms with Crippen LogP contribution in [0.4, 0.5) is 0 Å². The molecule has 2 bridgehead atoms. The van der Waals surface area contributed by atoms with Crippen LogP contribution >= 0.6 is 0 Å². The second-order valence-electron chi connectivity index (χ2n) is 8.93. The predicted molar refractivity (Wildman–Crippen MR) is 111 cm³/mol. The number of carbonyl (C=O) groups excluding carboxylic acids is 3. The number of rotatable bonds is 0. The molecule has 11 heteroatoms. The number of aliphatic hydroxyl groups is 5. The zero-order chi connectivity index (χ0) is 22.8. The maximum Gasteiger partial charge on any atom is 0.373 e. The lowest BCUT2D eigenvalue weighted by Gasteiger charge is -2.32. The molecule has 6 atom stereocenters. The third-order valence-electron chi connectivity index (χ3n) is 6.60. The van der Waals surface area contributed by atoms with E-state index in [2.05, 4.69) is 0 Å². The number of carbonyl (C=O) groups is 1. The first kappa shape index (κ1) is 29.6. The van der Waals surface area contributed by atoms with Gasteiger partial charge in [-0.05, 0) is 12.8 Å². The number of ether oxygens (including phenoxy) is 3. The molecule has 5 aliphatic rings. The van der Waals surface area contributed by atoms with Gasteiger partial charge in [-0.3, -0.25) is 0 Å². The van der Waals surface area contributed by atoms with Crippen LogP contribution in [-0.4, -0.2) is 91.8 Å². The SMILES string of the molecule is C.C.O=C1O[C@@H]2C[C@@]1(O)C[C@H]1OC3(CCCCC3)OC21.O=C=O.OC1C[C@@H](O)C(O)[C@H](O)C1. The molecular formula is C22H38O11. The lowest BCUT2D eigenvalue weighted by atomic mass is 9.82. The van der Waals surface area contributed by atoms with E-state index in [1.165, 1.54) is 6.42 Å². The van der Waals surface area contributed by atoms with Crippen molar-refractivity contribution in [3.63, 3.8) is 0 Å². The molecule has 3 saturated carbocycles. The van der Waals surface area contributed by atoms with Crippen molar-refractivity contribution in [2.45, 2.75) is 127 Å². The molecule has 1 unspecified atom stereocenters. The van der Waals surface area contributed by atoms with Gasteiger partial charge in [0, 0.05) is 38.5 Å². The van der Waals surface area contributed by atoms with Crippen LogP contribution in [0.3, 0.4) is 0 Å². The summed E-state index contributed by atoms with van der Waals surface area (Å²) in [5.74, 6) is -0.979. The summed E-state index contributed by atoms with van der Waals surface area (Å²) in [5, 5.41) is 46.0. The van der Waals surface area contributed by atoms with Crippen molar-refractivity contribution in [2.24, 2.45) is 0 Å². The minimum atomic E-state index is -1.34. The van der Waals surface area contributed by atoms with Gasteiger partial charge in [0.25, 0.3) is 0 Å². The summed E-state index contributed by atoms with van der Waals surface area (Å²) in [4.78, 5) is 27.8. The average molecular weight is 479 g/mol. The van der Waals surface area contributed by atoms with E-state index in [0.29, 0.717) is 12.8 Å². The Morgan fingerprint density at radius 1 is 0.848 bits per heavy atom. The zero-order valence-corrected chi connectivity index (χ0v) is 17.1. The van der Waals surface area contributed by atoms with E-state index in [0.717, 1.165) is 25.7 Å². The summed E-state index contributed by atoms with van der Waals surface area (Å²) < 4.78 is 17.4. The molecule has 0 aromatic rings. The van der Waals surface area contributed by atoms with E-state index in [1.807, 2.05) is 0 Å². The van der Waals surface area contributed by atoms with Crippen molar-refractivity contribution in [1.29, 1.82) is 0 Å². The highest BCUT2D eigenvalue weighted by molar-refractivity contribution is 5.82.